The molecule has 0 saturated heterocycles. The first-order valence-corrected chi connectivity index (χ1v) is 5.28. The lowest BCUT2D eigenvalue weighted by Gasteiger charge is -2.10. The summed E-state index contributed by atoms with van der Waals surface area (Å²) in [6.07, 6.45) is -0.668. The molecule has 0 aliphatic carbocycles. The zero-order valence-corrected chi connectivity index (χ0v) is 9.82. The number of carbonyl (C=O) groups is 3. The van der Waals surface area contributed by atoms with E-state index in [0.717, 1.165) is 6.07 Å². The molecule has 18 heavy (non-hydrogen) atoms. The Kier molecular flexibility index (Phi) is 4.67. The van der Waals surface area contributed by atoms with Gasteiger partial charge in [0.05, 0.1) is 5.97 Å². The zero-order valence-electron chi connectivity index (χ0n) is 9.07. The Bertz CT molecular complexity index is 500. The minimum atomic E-state index is -1.47. The lowest BCUT2D eigenvalue weighted by molar-refractivity contribution is -0.305. The second-order valence-corrected chi connectivity index (χ2v) is 3.81. The lowest BCUT2D eigenvalue weighted by atomic mass is 10.2. The molecule has 0 aliphatic rings. The van der Waals surface area contributed by atoms with E-state index in [0.29, 0.717) is 0 Å². The van der Waals surface area contributed by atoms with Crippen molar-refractivity contribution >= 4 is 35.1 Å². The van der Waals surface area contributed by atoms with Crippen LogP contribution in [0.4, 0.5) is 5.69 Å². The van der Waals surface area contributed by atoms with Crippen LogP contribution in [0.25, 0.3) is 0 Å². The molecule has 0 fully saturated rings. The smallest absolute Gasteiger partial charge is 0.224 e. The van der Waals surface area contributed by atoms with E-state index in [9.17, 15) is 24.6 Å². The number of nitrogens with one attached hydrogen (secondary N) is 1. The van der Waals surface area contributed by atoms with Gasteiger partial charge in [-0.2, -0.15) is 0 Å². The summed E-state index contributed by atoms with van der Waals surface area (Å²) in [5.74, 6) is -3.37. The molecule has 0 aromatic heterocycles. The quantitative estimate of drug-likeness (QED) is 0.750. The molecule has 0 radical (unpaired) electrons. The average Bonchev–Trinajstić information content (AvgIpc) is 2.28. The van der Waals surface area contributed by atoms with Crippen molar-refractivity contribution in [2.45, 2.75) is 12.8 Å². The predicted molar refractivity (Wildman–Crippen MR) is 58.7 cm³/mol. The van der Waals surface area contributed by atoms with Crippen LogP contribution in [0.5, 0.6) is 0 Å². The summed E-state index contributed by atoms with van der Waals surface area (Å²) >= 11 is 5.61. The maximum atomic E-state index is 11.3. The fraction of sp³-hybridized carbons (Fsp3) is 0.182. The second-order valence-electron chi connectivity index (χ2n) is 3.40. The van der Waals surface area contributed by atoms with Crippen molar-refractivity contribution in [1.82, 2.24) is 0 Å². The van der Waals surface area contributed by atoms with E-state index in [1.54, 1.807) is 0 Å². The van der Waals surface area contributed by atoms with Gasteiger partial charge in [0, 0.05) is 28.7 Å². The molecule has 96 valence electrons. The first-order valence-electron chi connectivity index (χ1n) is 4.90. The summed E-state index contributed by atoms with van der Waals surface area (Å²) in [5.41, 5.74) is -0.0590. The number of carboxylic acids is 2. The molecule has 0 atom stereocenters. The Hall–Kier alpha value is -2.08. The van der Waals surface area contributed by atoms with Gasteiger partial charge in [-0.3, -0.25) is 4.79 Å². The molecule has 7 heteroatoms. The Morgan fingerprint density at radius 3 is 2.39 bits per heavy atom. The number of benzene rings is 1. The molecule has 0 unspecified atom stereocenters. The molecule has 0 bridgehead atoms. The highest BCUT2D eigenvalue weighted by atomic mass is 35.5. The molecular formula is C11H8ClNO5-2. The SMILES string of the molecule is O=C([O-])CCC(=O)Nc1ccc(Cl)c(C(=O)[O-])c1. The first-order chi connectivity index (χ1) is 8.40. The number of aromatic carboxylic acids is 1. The van der Waals surface area contributed by atoms with Crippen molar-refractivity contribution in [2.24, 2.45) is 0 Å². The molecule has 1 amide bonds. The molecule has 1 aromatic carbocycles. The summed E-state index contributed by atoms with van der Waals surface area (Å²) in [7, 11) is 0. The van der Waals surface area contributed by atoms with Crippen molar-refractivity contribution in [3.8, 4) is 0 Å². The van der Waals surface area contributed by atoms with Crippen LogP contribution in [0.2, 0.25) is 5.02 Å². The Labute approximate surface area is 107 Å². The third kappa shape index (κ3) is 4.06. The number of hydrogen-bond acceptors (Lipinski definition) is 5. The summed E-state index contributed by atoms with van der Waals surface area (Å²) in [6, 6.07) is 3.82. The van der Waals surface area contributed by atoms with E-state index in [1.807, 2.05) is 0 Å². The third-order valence-electron chi connectivity index (χ3n) is 2.03. The topological polar surface area (TPSA) is 109 Å². The number of hydrogen-bond donors (Lipinski definition) is 1. The maximum absolute atomic E-state index is 11.3. The monoisotopic (exact) mass is 269 g/mol. The number of rotatable bonds is 5. The number of anilines is 1. The van der Waals surface area contributed by atoms with Crippen LogP contribution in [0.3, 0.4) is 0 Å². The van der Waals surface area contributed by atoms with Crippen LogP contribution in [-0.4, -0.2) is 17.8 Å². The standard InChI is InChI=1S/C11H10ClNO5/c12-8-2-1-6(5-7(8)11(17)18)13-9(14)3-4-10(15)16/h1-2,5H,3-4H2,(H,13,14)(H,15,16)(H,17,18)/p-2. The molecule has 1 rings (SSSR count). The van der Waals surface area contributed by atoms with Crippen molar-refractivity contribution in [3.63, 3.8) is 0 Å². The van der Waals surface area contributed by atoms with Crippen molar-refractivity contribution in [3.05, 3.63) is 28.8 Å². The minimum Gasteiger partial charge on any atom is -0.550 e. The van der Waals surface area contributed by atoms with Gasteiger partial charge in [0.2, 0.25) is 5.91 Å². The van der Waals surface area contributed by atoms with Crippen LogP contribution in [0.15, 0.2) is 18.2 Å². The van der Waals surface area contributed by atoms with Gasteiger partial charge in [-0.1, -0.05) is 11.6 Å². The normalized spacial score (nSPS) is 9.83. The predicted octanol–water partition coefficient (Wildman–Crippen LogP) is -0.828. The van der Waals surface area contributed by atoms with Crippen LogP contribution in [0.1, 0.15) is 23.2 Å². The zero-order chi connectivity index (χ0) is 13.7. The van der Waals surface area contributed by atoms with Crippen LogP contribution >= 0.6 is 11.6 Å². The highest BCUT2D eigenvalue weighted by Gasteiger charge is 2.06. The van der Waals surface area contributed by atoms with Gasteiger partial charge in [-0.15, -0.1) is 0 Å². The molecule has 6 nitrogen and oxygen atoms in total. The van der Waals surface area contributed by atoms with Gasteiger partial charge in [-0.25, -0.2) is 0 Å². The Morgan fingerprint density at radius 2 is 1.83 bits per heavy atom. The molecule has 1 N–H and O–H groups in total. The molecule has 0 saturated carbocycles. The Balaban J connectivity index is 2.73. The van der Waals surface area contributed by atoms with Gasteiger partial charge >= 0.3 is 0 Å². The number of amides is 1. The minimum absolute atomic E-state index is 0.0114. The van der Waals surface area contributed by atoms with E-state index < -0.39 is 24.3 Å². The fourth-order valence-corrected chi connectivity index (χ4v) is 1.39. The van der Waals surface area contributed by atoms with E-state index in [2.05, 4.69) is 5.32 Å². The summed E-state index contributed by atoms with van der Waals surface area (Å²) in [5, 5.41) is 23.2. The molecule has 1 aromatic rings. The highest BCUT2D eigenvalue weighted by Crippen LogP contribution is 2.20. The number of carboxylic acid groups (broad SMARTS) is 2. The number of aliphatic carboxylic acids is 1. The third-order valence-corrected chi connectivity index (χ3v) is 2.36. The van der Waals surface area contributed by atoms with Crippen molar-refractivity contribution in [2.75, 3.05) is 5.32 Å². The fourth-order valence-electron chi connectivity index (χ4n) is 1.20. The first kappa shape index (κ1) is 14.0. The average molecular weight is 270 g/mol. The van der Waals surface area contributed by atoms with Gasteiger partial charge in [0.25, 0.3) is 0 Å². The molecule has 0 aliphatic heterocycles. The maximum Gasteiger partial charge on any atom is 0.224 e. The van der Waals surface area contributed by atoms with Crippen LogP contribution < -0.4 is 15.5 Å². The number of carbonyl (C=O) groups excluding carboxylic acids is 3. The largest absolute Gasteiger partial charge is 0.550 e. The van der Waals surface area contributed by atoms with Gasteiger partial charge in [0.15, 0.2) is 0 Å². The summed E-state index contributed by atoms with van der Waals surface area (Å²) in [6.45, 7) is 0. The highest BCUT2D eigenvalue weighted by molar-refractivity contribution is 6.33. The Morgan fingerprint density at radius 1 is 1.17 bits per heavy atom. The van der Waals surface area contributed by atoms with Crippen LogP contribution in [-0.2, 0) is 9.59 Å². The van der Waals surface area contributed by atoms with Gasteiger partial charge in [-0.05, 0) is 24.6 Å². The van der Waals surface area contributed by atoms with E-state index in [1.165, 1.54) is 12.1 Å². The van der Waals surface area contributed by atoms with E-state index >= 15 is 0 Å². The van der Waals surface area contributed by atoms with E-state index in [4.69, 9.17) is 11.6 Å². The lowest BCUT2D eigenvalue weighted by Crippen LogP contribution is -2.24. The van der Waals surface area contributed by atoms with Gasteiger partial charge in [0.1, 0.15) is 0 Å². The molecule has 0 spiro atoms. The second kappa shape index (κ2) is 6.02. The van der Waals surface area contributed by atoms with Gasteiger partial charge < -0.3 is 25.1 Å². The van der Waals surface area contributed by atoms with Crippen molar-refractivity contribution in [1.29, 1.82) is 0 Å². The summed E-state index contributed by atoms with van der Waals surface area (Å²) in [4.78, 5) is 32.1. The summed E-state index contributed by atoms with van der Waals surface area (Å²) < 4.78 is 0. The molecular weight excluding hydrogens is 262 g/mol. The van der Waals surface area contributed by atoms with E-state index in [-0.39, 0.29) is 22.7 Å². The number of halogens is 1. The van der Waals surface area contributed by atoms with Crippen LogP contribution in [0, 0.1) is 0 Å². The molecule has 0 heterocycles. The van der Waals surface area contributed by atoms with Crippen molar-refractivity contribution < 1.29 is 24.6 Å².